The fourth-order valence-electron chi connectivity index (χ4n) is 2.02. The molecule has 1 saturated heterocycles. The van der Waals surface area contributed by atoms with Crippen LogP contribution in [0.1, 0.15) is 5.56 Å². The molecule has 3 heterocycles. The van der Waals surface area contributed by atoms with Crippen molar-refractivity contribution in [3.63, 3.8) is 0 Å². The summed E-state index contributed by atoms with van der Waals surface area (Å²) in [5.41, 5.74) is 1.02. The fourth-order valence-corrected chi connectivity index (χ4v) is 2.27. The molecule has 0 amide bonds. The maximum absolute atomic E-state index is 10.1. The highest BCUT2D eigenvalue weighted by Gasteiger charge is 2.35. The van der Waals surface area contributed by atoms with E-state index in [1.807, 2.05) is 6.20 Å². The van der Waals surface area contributed by atoms with Crippen molar-refractivity contribution in [3.05, 3.63) is 23.2 Å². The summed E-state index contributed by atoms with van der Waals surface area (Å²) in [5, 5.41) is 14.4. The first-order chi connectivity index (χ1) is 7.68. The number of hydrogen-bond acceptors (Lipinski definition) is 4. The Balaban J connectivity index is 2.03. The number of aliphatic hydroxyl groups is 1. The van der Waals surface area contributed by atoms with E-state index < -0.39 is 5.60 Å². The molecule has 3 rings (SSSR count). The summed E-state index contributed by atoms with van der Waals surface area (Å²) >= 11 is 6.03. The van der Waals surface area contributed by atoms with Gasteiger partial charge in [-0.1, -0.05) is 11.6 Å². The van der Waals surface area contributed by atoms with Crippen LogP contribution in [0.4, 0.5) is 0 Å². The Morgan fingerprint density at radius 1 is 1.44 bits per heavy atom. The molecule has 1 aliphatic rings. The third-order valence-corrected chi connectivity index (χ3v) is 3.22. The predicted octanol–water partition coefficient (Wildman–Crippen LogP) is 0.488. The topological polar surface area (TPSA) is 73.8 Å². The monoisotopic (exact) mass is 238 g/mol. The molecule has 16 heavy (non-hydrogen) atoms. The van der Waals surface area contributed by atoms with Gasteiger partial charge >= 0.3 is 0 Å². The zero-order chi connectivity index (χ0) is 11.2. The van der Waals surface area contributed by atoms with Gasteiger partial charge in [-0.05, 0) is 5.56 Å². The first kappa shape index (κ1) is 10.0. The zero-order valence-corrected chi connectivity index (χ0v) is 9.25. The van der Waals surface area contributed by atoms with E-state index in [1.165, 1.54) is 6.33 Å². The second-order valence-corrected chi connectivity index (χ2v) is 4.56. The number of H-pyrrole nitrogens is 1. The van der Waals surface area contributed by atoms with E-state index in [0.717, 1.165) is 10.9 Å². The van der Waals surface area contributed by atoms with Gasteiger partial charge in [-0.2, -0.15) is 0 Å². The van der Waals surface area contributed by atoms with Crippen LogP contribution in [0.2, 0.25) is 5.15 Å². The molecule has 1 fully saturated rings. The van der Waals surface area contributed by atoms with Crippen LogP contribution in [0, 0.1) is 0 Å². The van der Waals surface area contributed by atoms with Crippen LogP contribution in [0.15, 0.2) is 12.5 Å². The smallest absolute Gasteiger partial charge is 0.142 e. The third-order valence-electron chi connectivity index (χ3n) is 2.93. The predicted molar refractivity (Wildman–Crippen MR) is 60.4 cm³/mol. The van der Waals surface area contributed by atoms with Crippen LogP contribution in [-0.2, 0) is 6.42 Å². The Hall–Kier alpha value is -1.17. The van der Waals surface area contributed by atoms with Crippen LogP contribution >= 0.6 is 11.6 Å². The molecule has 0 saturated carbocycles. The molecular weight excluding hydrogens is 228 g/mol. The quantitative estimate of drug-likeness (QED) is 0.666. The molecule has 0 atom stereocenters. The lowest BCUT2D eigenvalue weighted by atomic mass is 9.89. The van der Waals surface area contributed by atoms with Crippen LogP contribution in [0.3, 0.4) is 0 Å². The van der Waals surface area contributed by atoms with Gasteiger partial charge in [-0.25, -0.2) is 9.97 Å². The Bertz CT molecular complexity index is 535. The number of aromatic nitrogens is 3. The van der Waals surface area contributed by atoms with Gasteiger partial charge in [0, 0.05) is 25.7 Å². The van der Waals surface area contributed by atoms with Gasteiger partial charge in [0.15, 0.2) is 0 Å². The molecule has 0 radical (unpaired) electrons. The lowest BCUT2D eigenvalue weighted by molar-refractivity contribution is -0.00875. The van der Waals surface area contributed by atoms with Crippen molar-refractivity contribution in [2.75, 3.05) is 13.1 Å². The highest BCUT2D eigenvalue weighted by molar-refractivity contribution is 6.34. The zero-order valence-electron chi connectivity index (χ0n) is 8.50. The van der Waals surface area contributed by atoms with Gasteiger partial charge in [0.25, 0.3) is 0 Å². The number of nitrogens with one attached hydrogen (secondary N) is 2. The second-order valence-electron chi connectivity index (χ2n) is 4.21. The summed E-state index contributed by atoms with van der Waals surface area (Å²) < 4.78 is 0. The SMILES string of the molecule is OC1(Cc2c[nH]c3ncnc(Cl)c23)CNC1. The Morgan fingerprint density at radius 3 is 2.94 bits per heavy atom. The summed E-state index contributed by atoms with van der Waals surface area (Å²) in [4.78, 5) is 11.1. The van der Waals surface area contributed by atoms with E-state index in [2.05, 4.69) is 20.3 Å². The molecule has 3 N–H and O–H groups in total. The molecule has 0 aliphatic carbocycles. The van der Waals surface area contributed by atoms with Crippen molar-refractivity contribution < 1.29 is 5.11 Å². The normalized spacial score (nSPS) is 18.6. The van der Waals surface area contributed by atoms with Crippen LogP contribution in [-0.4, -0.2) is 38.7 Å². The fraction of sp³-hybridized carbons (Fsp3) is 0.400. The van der Waals surface area contributed by atoms with Gasteiger partial charge in [0.1, 0.15) is 17.1 Å². The second kappa shape index (κ2) is 3.41. The third kappa shape index (κ3) is 1.48. The molecular formula is C10H11ClN4O. The van der Waals surface area contributed by atoms with Crippen molar-refractivity contribution in [2.45, 2.75) is 12.0 Å². The molecule has 0 unspecified atom stereocenters. The minimum absolute atomic E-state index is 0.428. The number of aromatic amines is 1. The standard InChI is InChI=1S/C10H11ClN4O/c11-8-7-6(1-10(16)3-12-4-10)2-13-9(7)15-5-14-8/h2,5,12,16H,1,3-4H2,(H,13,14,15). The highest BCUT2D eigenvalue weighted by atomic mass is 35.5. The van der Waals surface area contributed by atoms with Crippen LogP contribution in [0.5, 0.6) is 0 Å². The lowest BCUT2D eigenvalue weighted by Crippen LogP contribution is -2.60. The molecule has 5 nitrogen and oxygen atoms in total. The van der Waals surface area contributed by atoms with Gasteiger partial charge in [-0.15, -0.1) is 0 Å². The summed E-state index contributed by atoms with van der Waals surface area (Å²) in [6.45, 7) is 1.23. The van der Waals surface area contributed by atoms with E-state index in [0.29, 0.717) is 30.3 Å². The first-order valence-electron chi connectivity index (χ1n) is 5.07. The maximum Gasteiger partial charge on any atom is 0.142 e. The van der Waals surface area contributed by atoms with Crippen molar-refractivity contribution in [1.82, 2.24) is 20.3 Å². The molecule has 6 heteroatoms. The number of halogens is 1. The molecule has 0 bridgehead atoms. The van der Waals surface area contributed by atoms with E-state index in [4.69, 9.17) is 11.6 Å². The Kier molecular flexibility index (Phi) is 2.14. The summed E-state index contributed by atoms with van der Waals surface area (Å²) in [6, 6.07) is 0. The van der Waals surface area contributed by atoms with Gasteiger partial charge in [0.05, 0.1) is 11.0 Å². The minimum Gasteiger partial charge on any atom is -0.387 e. The number of β-amino-alcohol motifs (C(OH)–C–C–N with tert-alkyl or cyclic N) is 1. The minimum atomic E-state index is -0.658. The average molecular weight is 239 g/mol. The molecule has 0 spiro atoms. The van der Waals surface area contributed by atoms with Crippen molar-refractivity contribution in [2.24, 2.45) is 0 Å². The van der Waals surface area contributed by atoms with Crippen molar-refractivity contribution in [3.8, 4) is 0 Å². The summed E-state index contributed by atoms with van der Waals surface area (Å²) in [7, 11) is 0. The van der Waals surface area contributed by atoms with E-state index in [9.17, 15) is 5.11 Å². The highest BCUT2D eigenvalue weighted by Crippen LogP contribution is 2.27. The number of nitrogens with zero attached hydrogens (tertiary/aromatic N) is 2. The first-order valence-corrected chi connectivity index (χ1v) is 5.45. The Labute approximate surface area is 96.9 Å². The van der Waals surface area contributed by atoms with Gasteiger partial charge in [-0.3, -0.25) is 0 Å². The van der Waals surface area contributed by atoms with Gasteiger partial charge in [0.2, 0.25) is 0 Å². The maximum atomic E-state index is 10.1. The molecule has 2 aromatic rings. The molecule has 2 aromatic heterocycles. The van der Waals surface area contributed by atoms with E-state index >= 15 is 0 Å². The van der Waals surface area contributed by atoms with Crippen molar-refractivity contribution >= 4 is 22.6 Å². The number of rotatable bonds is 2. The number of fused-ring (bicyclic) bond motifs is 1. The lowest BCUT2D eigenvalue weighted by Gasteiger charge is -2.37. The van der Waals surface area contributed by atoms with Crippen LogP contribution < -0.4 is 5.32 Å². The average Bonchev–Trinajstić information content (AvgIpc) is 2.61. The Morgan fingerprint density at radius 2 is 2.25 bits per heavy atom. The molecule has 1 aliphatic heterocycles. The summed E-state index contributed by atoms with van der Waals surface area (Å²) in [5.74, 6) is 0. The molecule has 0 aromatic carbocycles. The summed E-state index contributed by atoms with van der Waals surface area (Å²) in [6.07, 6.45) is 3.82. The van der Waals surface area contributed by atoms with Crippen molar-refractivity contribution in [1.29, 1.82) is 0 Å². The van der Waals surface area contributed by atoms with Gasteiger partial charge < -0.3 is 15.4 Å². The molecule has 84 valence electrons. The van der Waals surface area contributed by atoms with E-state index in [-0.39, 0.29) is 0 Å². The largest absolute Gasteiger partial charge is 0.387 e. The number of hydrogen-bond donors (Lipinski definition) is 3. The van der Waals surface area contributed by atoms with Crippen LogP contribution in [0.25, 0.3) is 11.0 Å². The van der Waals surface area contributed by atoms with E-state index in [1.54, 1.807) is 0 Å².